The van der Waals surface area contributed by atoms with E-state index in [2.05, 4.69) is 68.0 Å². The molecule has 274 valence electrons. The average Bonchev–Trinajstić information content (AvgIpc) is 3.11. The van der Waals surface area contributed by atoms with E-state index in [1.54, 1.807) is 0 Å². The Bertz CT molecular complexity index is 1440. The minimum atomic E-state index is -0.360. The molecule has 1 saturated carbocycles. The van der Waals surface area contributed by atoms with Crippen LogP contribution >= 0.6 is 0 Å². The number of amides is 4. The normalized spacial score (nSPS) is 25.3. The Labute approximate surface area is 301 Å². The standard InChI is InChI=1S/C42H63N5O3/c1-31(13-14-34-29-41(2,3)19-20-42(34,4)5)27-33(39(49)46-25-15-35(16-26-46)44-21-9-6-10-22-44)28-38(48)45-23-17-36(18-24-45)47-30-32-11-7-8-12-37(32)43-40(47)50/h7-8,11-14,33,35-36H,6,9-10,15-30H2,1-5H3,(H,43,50)/b31-13+,34-14+. The molecule has 0 aromatic heterocycles. The fourth-order valence-corrected chi connectivity index (χ4v) is 9.16. The van der Waals surface area contributed by atoms with Gasteiger partial charge >= 0.3 is 6.03 Å². The summed E-state index contributed by atoms with van der Waals surface area (Å²) in [5.74, 6) is -0.144. The maximum Gasteiger partial charge on any atom is 0.322 e. The van der Waals surface area contributed by atoms with Gasteiger partial charge in [-0.1, -0.05) is 75.6 Å². The van der Waals surface area contributed by atoms with Gasteiger partial charge in [-0.3, -0.25) is 9.59 Å². The first-order valence-electron chi connectivity index (χ1n) is 19.7. The van der Waals surface area contributed by atoms with Crippen LogP contribution in [0.3, 0.4) is 0 Å². The highest BCUT2D eigenvalue weighted by Gasteiger charge is 2.37. The number of hydrogen-bond donors (Lipinski definition) is 1. The number of hydrogen-bond acceptors (Lipinski definition) is 4. The Kier molecular flexibility index (Phi) is 11.5. The molecule has 0 spiro atoms. The molecule has 8 nitrogen and oxygen atoms in total. The Balaban J connectivity index is 1.10. The molecule has 0 bridgehead atoms. The van der Waals surface area contributed by atoms with Gasteiger partial charge in [-0.25, -0.2) is 4.79 Å². The first kappa shape index (κ1) is 36.7. The number of rotatable bonds is 8. The van der Waals surface area contributed by atoms with Crippen molar-refractivity contribution in [3.63, 3.8) is 0 Å². The van der Waals surface area contributed by atoms with E-state index < -0.39 is 0 Å². The lowest BCUT2D eigenvalue weighted by Crippen LogP contribution is -2.52. The van der Waals surface area contributed by atoms with Crippen LogP contribution in [-0.4, -0.2) is 88.8 Å². The maximum atomic E-state index is 14.3. The van der Waals surface area contributed by atoms with Crippen LogP contribution in [0, 0.1) is 16.7 Å². The molecule has 1 unspecified atom stereocenters. The van der Waals surface area contributed by atoms with Crippen molar-refractivity contribution in [2.75, 3.05) is 44.6 Å². The van der Waals surface area contributed by atoms with Gasteiger partial charge in [0.15, 0.2) is 0 Å². The van der Waals surface area contributed by atoms with Crippen molar-refractivity contribution in [1.82, 2.24) is 19.6 Å². The fourth-order valence-electron chi connectivity index (χ4n) is 9.16. The molecule has 1 aromatic carbocycles. The molecule has 4 aliphatic heterocycles. The predicted molar refractivity (Wildman–Crippen MR) is 202 cm³/mol. The van der Waals surface area contributed by atoms with E-state index in [4.69, 9.17) is 0 Å². The van der Waals surface area contributed by atoms with Gasteiger partial charge in [-0.2, -0.15) is 0 Å². The number of nitrogens with one attached hydrogen (secondary N) is 1. The van der Waals surface area contributed by atoms with Gasteiger partial charge < -0.3 is 24.9 Å². The molecular weight excluding hydrogens is 622 g/mol. The minimum Gasteiger partial charge on any atom is -0.343 e. The van der Waals surface area contributed by atoms with Crippen molar-refractivity contribution < 1.29 is 14.4 Å². The molecule has 1 aliphatic carbocycles. The molecule has 4 amide bonds. The van der Waals surface area contributed by atoms with Gasteiger partial charge in [0.05, 0.1) is 5.92 Å². The van der Waals surface area contributed by atoms with E-state index in [1.807, 2.05) is 28.0 Å². The van der Waals surface area contributed by atoms with Crippen LogP contribution in [-0.2, 0) is 16.1 Å². The Morgan fingerprint density at radius 1 is 0.860 bits per heavy atom. The van der Waals surface area contributed by atoms with E-state index >= 15 is 0 Å². The van der Waals surface area contributed by atoms with Gasteiger partial charge in [-0.15, -0.1) is 0 Å². The number of benzene rings is 1. The molecule has 3 saturated heterocycles. The number of urea groups is 1. The van der Waals surface area contributed by atoms with E-state index in [9.17, 15) is 14.4 Å². The van der Waals surface area contributed by atoms with Crippen LogP contribution in [0.15, 0.2) is 47.6 Å². The number of likely N-dealkylation sites (tertiary alicyclic amines) is 3. The molecule has 4 fully saturated rings. The smallest absolute Gasteiger partial charge is 0.322 e. The van der Waals surface area contributed by atoms with E-state index in [0.717, 1.165) is 56.4 Å². The van der Waals surface area contributed by atoms with Crippen molar-refractivity contribution in [2.24, 2.45) is 16.7 Å². The highest BCUT2D eigenvalue weighted by Crippen LogP contribution is 2.48. The van der Waals surface area contributed by atoms with Crippen LogP contribution in [0.5, 0.6) is 0 Å². The Morgan fingerprint density at radius 2 is 1.52 bits per heavy atom. The molecule has 6 rings (SSSR count). The number of fused-ring (bicyclic) bond motifs is 1. The van der Waals surface area contributed by atoms with Crippen LogP contribution in [0.25, 0.3) is 0 Å². The number of carbonyl (C=O) groups excluding carboxylic acids is 3. The molecule has 1 atom stereocenters. The zero-order valence-electron chi connectivity index (χ0n) is 31.6. The first-order valence-corrected chi connectivity index (χ1v) is 19.7. The summed E-state index contributed by atoms with van der Waals surface area (Å²) in [5, 5.41) is 3.04. The lowest BCUT2D eigenvalue weighted by atomic mass is 9.64. The zero-order valence-corrected chi connectivity index (χ0v) is 31.6. The third-order valence-corrected chi connectivity index (χ3v) is 12.7. The van der Waals surface area contributed by atoms with E-state index in [-0.39, 0.29) is 41.6 Å². The number of piperidine rings is 3. The summed E-state index contributed by atoms with van der Waals surface area (Å²) >= 11 is 0. The van der Waals surface area contributed by atoms with Crippen LogP contribution < -0.4 is 5.32 Å². The van der Waals surface area contributed by atoms with Gasteiger partial charge in [-0.05, 0) is 107 Å². The second kappa shape index (κ2) is 15.6. The lowest BCUT2D eigenvalue weighted by Gasteiger charge is -2.42. The molecule has 1 aromatic rings. The summed E-state index contributed by atoms with van der Waals surface area (Å²) < 4.78 is 0. The van der Waals surface area contributed by atoms with Crippen LogP contribution in [0.1, 0.15) is 117 Å². The van der Waals surface area contributed by atoms with Crippen LogP contribution in [0.4, 0.5) is 10.5 Å². The summed E-state index contributed by atoms with van der Waals surface area (Å²) in [7, 11) is 0. The van der Waals surface area contributed by atoms with E-state index in [0.29, 0.717) is 37.5 Å². The third kappa shape index (κ3) is 8.83. The van der Waals surface area contributed by atoms with Gasteiger partial charge in [0.25, 0.3) is 0 Å². The molecular formula is C42H63N5O3. The molecule has 5 aliphatic rings. The van der Waals surface area contributed by atoms with Crippen LogP contribution in [0.2, 0.25) is 0 Å². The van der Waals surface area contributed by atoms with Crippen molar-refractivity contribution >= 4 is 23.5 Å². The molecule has 1 N–H and O–H groups in total. The number of anilines is 1. The Morgan fingerprint density at radius 3 is 2.24 bits per heavy atom. The summed E-state index contributed by atoms with van der Waals surface area (Å²) in [5.41, 5.74) is 5.16. The topological polar surface area (TPSA) is 76.2 Å². The monoisotopic (exact) mass is 685 g/mol. The predicted octanol–water partition coefficient (Wildman–Crippen LogP) is 8.01. The summed E-state index contributed by atoms with van der Waals surface area (Å²) in [6.07, 6.45) is 16.4. The van der Waals surface area contributed by atoms with E-state index in [1.165, 1.54) is 56.3 Å². The molecule has 4 heterocycles. The maximum absolute atomic E-state index is 14.3. The third-order valence-electron chi connectivity index (χ3n) is 12.7. The lowest BCUT2D eigenvalue weighted by molar-refractivity contribution is -0.143. The average molecular weight is 686 g/mol. The van der Waals surface area contributed by atoms with Crippen molar-refractivity contribution in [1.29, 1.82) is 0 Å². The summed E-state index contributed by atoms with van der Waals surface area (Å²) in [4.78, 5) is 49.8. The summed E-state index contributed by atoms with van der Waals surface area (Å²) in [6.45, 7) is 17.4. The first-order chi connectivity index (χ1) is 23.9. The quantitative estimate of drug-likeness (QED) is 0.301. The highest BCUT2D eigenvalue weighted by molar-refractivity contribution is 5.92. The number of nitrogens with zero attached hydrogens (tertiary/aromatic N) is 4. The summed E-state index contributed by atoms with van der Waals surface area (Å²) in [6, 6.07) is 8.59. The zero-order chi connectivity index (χ0) is 35.5. The van der Waals surface area contributed by atoms with Crippen molar-refractivity contribution in [2.45, 2.75) is 130 Å². The largest absolute Gasteiger partial charge is 0.343 e. The van der Waals surface area contributed by atoms with Gasteiger partial charge in [0.1, 0.15) is 0 Å². The fraction of sp³-hybridized carbons (Fsp3) is 0.690. The molecule has 8 heteroatoms. The minimum absolute atomic E-state index is 0.0550. The van der Waals surface area contributed by atoms with Gasteiger partial charge in [0.2, 0.25) is 11.8 Å². The van der Waals surface area contributed by atoms with Crippen molar-refractivity contribution in [3.05, 3.63) is 53.1 Å². The second-order valence-electron chi connectivity index (χ2n) is 17.5. The molecule has 0 radical (unpaired) electrons. The number of allylic oxidation sites excluding steroid dienone is 4. The number of carbonyl (C=O) groups is 3. The number of para-hydroxylation sites is 1. The molecule has 50 heavy (non-hydrogen) atoms. The SMILES string of the molecule is C/C(=C\C=C1/CC(C)(C)CCC1(C)C)CC(CC(=O)N1CCC(N2Cc3ccccc3NC2=O)CC1)C(=O)N1CCC(N2CCCCC2)CC1. The van der Waals surface area contributed by atoms with Crippen molar-refractivity contribution in [3.8, 4) is 0 Å². The second-order valence-corrected chi connectivity index (χ2v) is 17.5. The highest BCUT2D eigenvalue weighted by atomic mass is 16.2. The Hall–Kier alpha value is -3.13. The van der Waals surface area contributed by atoms with Gasteiger partial charge in [0, 0.05) is 56.9 Å².